The Bertz CT molecular complexity index is 2320. The molecule has 52 heavy (non-hydrogen) atoms. The van der Waals surface area contributed by atoms with E-state index in [2.05, 4.69) is 57.2 Å². The van der Waals surface area contributed by atoms with Gasteiger partial charge in [0, 0.05) is 35.8 Å². The summed E-state index contributed by atoms with van der Waals surface area (Å²) in [6.45, 7) is 17.7. The lowest BCUT2D eigenvalue weighted by molar-refractivity contribution is -0.122. The number of rotatable bonds is 5. The number of anilines is 4. The van der Waals surface area contributed by atoms with Crippen molar-refractivity contribution in [2.24, 2.45) is 0 Å². The normalized spacial score (nSPS) is 15.5. The van der Waals surface area contributed by atoms with Crippen molar-refractivity contribution in [3.63, 3.8) is 0 Å². The summed E-state index contributed by atoms with van der Waals surface area (Å²) >= 11 is 0. The summed E-state index contributed by atoms with van der Waals surface area (Å²) in [5.41, 5.74) is 8.76. The Morgan fingerprint density at radius 2 is 1.19 bits per heavy atom. The first-order valence-electron chi connectivity index (χ1n) is 17.3. The van der Waals surface area contributed by atoms with Crippen molar-refractivity contribution < 1.29 is 14.0 Å². The second-order valence-corrected chi connectivity index (χ2v) is 14.8. The smallest absolute Gasteiger partial charge is 0.247 e. The van der Waals surface area contributed by atoms with Crippen molar-refractivity contribution in [3.05, 3.63) is 120 Å². The number of hydrogen-bond acceptors (Lipinski definition) is 8. The number of nitrogens with zero attached hydrogens (tertiary/aromatic N) is 8. The van der Waals surface area contributed by atoms with Crippen molar-refractivity contribution in [1.82, 2.24) is 29.7 Å². The first kappa shape index (κ1) is 34.5. The molecular formula is C41H42N8O3. The molecule has 11 heteroatoms. The quantitative estimate of drug-likeness (QED) is 0.176. The zero-order chi connectivity index (χ0) is 37.1. The van der Waals surface area contributed by atoms with E-state index in [-0.39, 0.29) is 11.8 Å². The summed E-state index contributed by atoms with van der Waals surface area (Å²) in [5.74, 6) is 1.41. The molecule has 8 rings (SSSR count). The Morgan fingerprint density at radius 1 is 0.654 bits per heavy atom. The van der Waals surface area contributed by atoms with Crippen molar-refractivity contribution in [2.45, 2.75) is 79.1 Å². The van der Waals surface area contributed by atoms with Gasteiger partial charge in [-0.25, -0.2) is 4.98 Å². The van der Waals surface area contributed by atoms with E-state index in [1.54, 1.807) is 29.1 Å². The van der Waals surface area contributed by atoms with Crippen LogP contribution in [0.3, 0.4) is 0 Å². The number of amides is 2. The zero-order valence-electron chi connectivity index (χ0n) is 31.0. The molecule has 0 spiro atoms. The van der Waals surface area contributed by atoms with Crippen molar-refractivity contribution in [1.29, 1.82) is 0 Å². The Hall–Kier alpha value is -5.97. The third-order valence-corrected chi connectivity index (χ3v) is 9.86. The number of carbonyl (C=O) groups excluding carboxylic acids is 2. The number of carbonyl (C=O) groups is 2. The molecule has 2 amide bonds. The molecule has 6 heterocycles. The minimum atomic E-state index is -0.608. The van der Waals surface area contributed by atoms with E-state index in [9.17, 15) is 9.59 Å². The van der Waals surface area contributed by atoms with Crippen LogP contribution in [0.2, 0.25) is 0 Å². The van der Waals surface area contributed by atoms with Crippen LogP contribution < -0.4 is 9.80 Å². The van der Waals surface area contributed by atoms with Gasteiger partial charge < -0.3 is 8.98 Å². The molecule has 0 N–H and O–H groups in total. The summed E-state index contributed by atoms with van der Waals surface area (Å²) in [7, 11) is 0. The van der Waals surface area contributed by atoms with Gasteiger partial charge >= 0.3 is 0 Å². The fourth-order valence-electron chi connectivity index (χ4n) is 6.67. The molecule has 2 aromatic carbocycles. The van der Waals surface area contributed by atoms with Gasteiger partial charge in [0.25, 0.3) is 0 Å². The molecule has 0 fully saturated rings. The maximum absolute atomic E-state index is 13.2. The predicted molar refractivity (Wildman–Crippen MR) is 200 cm³/mol. The molecule has 6 aromatic rings. The van der Waals surface area contributed by atoms with E-state index < -0.39 is 10.8 Å². The highest BCUT2D eigenvalue weighted by molar-refractivity contribution is 6.13. The molecule has 4 aromatic heterocycles. The van der Waals surface area contributed by atoms with Crippen LogP contribution in [0.5, 0.6) is 0 Å². The molecular weight excluding hydrogens is 653 g/mol. The number of aryl methyl sites for hydroxylation is 3. The highest BCUT2D eigenvalue weighted by Crippen LogP contribution is 2.47. The standard InChI is InChI=1S/C22H24N4O.C19H18N4O2/c1-14(2)19-12-25(13-24-19)16-8-9-18-20(10-16)26(21(27)22(18,4)5)17-7-6-15(3)23-11-17;1-11-5-7-14(10-20-11)23-16-9-13(17-22-21-12(2)25-17)6-8-15(16)19(3,4)18(23)24/h6-14H,1-5H3;5-10H,1-4H3. The molecule has 11 nitrogen and oxygen atoms in total. The van der Waals surface area contributed by atoms with Crippen LogP contribution in [-0.4, -0.2) is 41.5 Å². The van der Waals surface area contributed by atoms with E-state index >= 15 is 0 Å². The molecule has 0 unspecified atom stereocenters. The molecule has 2 aliphatic rings. The molecule has 2 aliphatic heterocycles. The highest BCUT2D eigenvalue weighted by atomic mass is 16.4. The SMILES string of the molecule is Cc1ccc(N2C(=O)C(C)(C)c3ccc(-c4nnc(C)o4)cc32)cn1.Cc1ccc(N2C(=O)C(C)(C)c3ccc(-n4cnc(C(C)C)c4)cc32)cn1. The number of benzene rings is 2. The fourth-order valence-corrected chi connectivity index (χ4v) is 6.67. The Morgan fingerprint density at radius 3 is 1.67 bits per heavy atom. The van der Waals surface area contributed by atoms with Crippen LogP contribution in [0.15, 0.2) is 90.0 Å². The molecule has 0 saturated heterocycles. The van der Waals surface area contributed by atoms with Gasteiger partial charge in [0.15, 0.2) is 0 Å². The molecule has 0 atom stereocenters. The lowest BCUT2D eigenvalue weighted by atomic mass is 9.86. The van der Waals surface area contributed by atoms with Crippen LogP contribution in [0.4, 0.5) is 22.7 Å². The van der Waals surface area contributed by atoms with Crippen molar-refractivity contribution >= 4 is 34.6 Å². The lowest BCUT2D eigenvalue weighted by Crippen LogP contribution is -2.33. The van der Waals surface area contributed by atoms with Gasteiger partial charge in [-0.1, -0.05) is 26.0 Å². The number of hydrogen-bond donors (Lipinski definition) is 0. The lowest BCUT2D eigenvalue weighted by Gasteiger charge is -2.20. The summed E-state index contributed by atoms with van der Waals surface area (Å²) < 4.78 is 7.54. The summed E-state index contributed by atoms with van der Waals surface area (Å²) in [4.78, 5) is 42.9. The maximum atomic E-state index is 13.2. The maximum Gasteiger partial charge on any atom is 0.247 e. The molecule has 0 bridgehead atoms. The topological polar surface area (TPSA) is 123 Å². The first-order chi connectivity index (χ1) is 24.7. The minimum absolute atomic E-state index is 0.0204. The van der Waals surface area contributed by atoms with Crippen LogP contribution in [-0.2, 0) is 20.4 Å². The van der Waals surface area contributed by atoms with Gasteiger partial charge in [0.2, 0.25) is 23.6 Å². The van der Waals surface area contributed by atoms with Crippen LogP contribution in [0.25, 0.3) is 17.1 Å². The predicted octanol–water partition coefficient (Wildman–Crippen LogP) is 8.36. The van der Waals surface area contributed by atoms with Gasteiger partial charge in [-0.05, 0) is 107 Å². The third-order valence-electron chi connectivity index (χ3n) is 9.86. The van der Waals surface area contributed by atoms with E-state index in [1.807, 2.05) is 101 Å². The largest absolute Gasteiger partial charge is 0.421 e. The van der Waals surface area contributed by atoms with Gasteiger partial charge in [0.1, 0.15) is 0 Å². The number of imidazole rings is 1. The monoisotopic (exact) mass is 694 g/mol. The summed E-state index contributed by atoms with van der Waals surface area (Å²) in [6.07, 6.45) is 7.37. The van der Waals surface area contributed by atoms with Crippen LogP contribution >= 0.6 is 0 Å². The summed E-state index contributed by atoms with van der Waals surface area (Å²) in [6, 6.07) is 19.7. The molecule has 0 aliphatic carbocycles. The Kier molecular flexibility index (Phi) is 8.40. The van der Waals surface area contributed by atoms with Gasteiger partial charge in [-0.2, -0.15) is 0 Å². The van der Waals surface area contributed by atoms with Gasteiger partial charge in [-0.15, -0.1) is 10.2 Å². The van der Waals surface area contributed by atoms with Gasteiger partial charge in [-0.3, -0.25) is 29.4 Å². The second kappa shape index (κ2) is 12.7. The molecule has 264 valence electrons. The highest BCUT2D eigenvalue weighted by Gasteiger charge is 2.46. The van der Waals surface area contributed by atoms with E-state index in [0.29, 0.717) is 17.7 Å². The third kappa shape index (κ3) is 5.85. The van der Waals surface area contributed by atoms with Crippen molar-refractivity contribution in [3.8, 4) is 17.1 Å². The van der Waals surface area contributed by atoms with E-state index in [0.717, 1.165) is 62.2 Å². The Balaban J connectivity index is 0.000000162. The fraction of sp³-hybridized carbons (Fsp3) is 0.293. The zero-order valence-corrected chi connectivity index (χ0v) is 31.0. The Labute approximate surface area is 303 Å². The minimum Gasteiger partial charge on any atom is -0.421 e. The van der Waals surface area contributed by atoms with Crippen LogP contribution in [0.1, 0.15) is 81.6 Å². The van der Waals surface area contributed by atoms with Crippen molar-refractivity contribution in [2.75, 3.05) is 9.80 Å². The molecule has 0 radical (unpaired) electrons. The van der Waals surface area contributed by atoms with E-state index in [1.165, 1.54) is 0 Å². The first-order valence-corrected chi connectivity index (χ1v) is 17.3. The number of pyridine rings is 2. The van der Waals surface area contributed by atoms with Gasteiger partial charge in [0.05, 0.1) is 58.0 Å². The number of fused-ring (bicyclic) bond motifs is 2. The number of aromatic nitrogens is 6. The van der Waals surface area contributed by atoms with E-state index in [4.69, 9.17) is 4.42 Å². The average Bonchev–Trinajstić information content (AvgIpc) is 3.87. The van der Waals surface area contributed by atoms with Crippen LogP contribution in [0, 0.1) is 20.8 Å². The summed E-state index contributed by atoms with van der Waals surface area (Å²) in [5, 5.41) is 7.95. The average molecular weight is 695 g/mol. The molecule has 0 saturated carbocycles. The second-order valence-electron chi connectivity index (χ2n) is 14.8.